The molecule has 0 radical (unpaired) electrons. The molecule has 108 valence electrons. The van der Waals surface area contributed by atoms with Crippen LogP contribution in [0.4, 0.5) is 4.79 Å². The van der Waals surface area contributed by atoms with Gasteiger partial charge >= 0.3 is 6.09 Å². The lowest BCUT2D eigenvalue weighted by atomic mass is 9.89. The van der Waals surface area contributed by atoms with Crippen LogP contribution in [0.15, 0.2) is 0 Å². The van der Waals surface area contributed by atoms with E-state index in [0.717, 1.165) is 0 Å². The van der Waals surface area contributed by atoms with Gasteiger partial charge in [-0.05, 0) is 19.3 Å². The number of aliphatic hydroxyl groups excluding tert-OH is 1. The number of hydrogen-bond donors (Lipinski definition) is 3. The summed E-state index contributed by atoms with van der Waals surface area (Å²) in [5.74, 6) is -0.189. The van der Waals surface area contributed by atoms with E-state index in [1.807, 2.05) is 0 Å². The lowest BCUT2D eigenvalue weighted by Gasteiger charge is -2.38. The van der Waals surface area contributed by atoms with E-state index in [1.54, 1.807) is 12.0 Å². The number of aliphatic hydroxyl groups is 1. The number of methoxy groups -OCH3 is 1. The van der Waals surface area contributed by atoms with Gasteiger partial charge in [0.25, 0.3) is 0 Å². The van der Waals surface area contributed by atoms with Crippen molar-refractivity contribution < 1.29 is 24.5 Å². The molecule has 0 bridgehead atoms. The Balaban J connectivity index is 2.01. The Kier molecular flexibility index (Phi) is 4.26. The summed E-state index contributed by atoms with van der Waals surface area (Å²) >= 11 is 0. The van der Waals surface area contributed by atoms with Crippen molar-refractivity contribution in [2.75, 3.05) is 13.7 Å². The number of carboxylic acid groups (broad SMARTS) is 1. The third kappa shape index (κ3) is 2.98. The molecule has 3 N–H and O–H groups in total. The molecule has 0 unspecified atom stereocenters. The van der Waals surface area contributed by atoms with Crippen molar-refractivity contribution in [3.63, 3.8) is 0 Å². The standard InChI is InChI=1S/C12H20N2O5/c1-19-10-6-7(15)2-3-9(10)14-5-4-8(11(14)16)13-12(17)18/h7-10,13,15H,2-6H2,1H3,(H,17,18)/t7-,8-,9-,10-/m0/s1. The van der Waals surface area contributed by atoms with E-state index in [-0.39, 0.29) is 24.2 Å². The highest BCUT2D eigenvalue weighted by molar-refractivity contribution is 5.87. The molecule has 1 saturated heterocycles. The minimum atomic E-state index is -1.18. The smallest absolute Gasteiger partial charge is 0.405 e. The second-order valence-electron chi connectivity index (χ2n) is 5.13. The predicted molar refractivity (Wildman–Crippen MR) is 65.7 cm³/mol. The molecule has 4 atom stereocenters. The van der Waals surface area contributed by atoms with Gasteiger partial charge in [-0.3, -0.25) is 4.79 Å². The number of rotatable bonds is 3. The largest absolute Gasteiger partial charge is 0.465 e. The molecule has 2 rings (SSSR count). The summed E-state index contributed by atoms with van der Waals surface area (Å²) in [6.45, 7) is 0.532. The summed E-state index contributed by atoms with van der Waals surface area (Å²) in [6, 6.07) is -0.719. The van der Waals surface area contributed by atoms with Crippen molar-refractivity contribution >= 4 is 12.0 Å². The number of ether oxygens (including phenoxy) is 1. The summed E-state index contributed by atoms with van der Waals surface area (Å²) in [4.78, 5) is 24.5. The Labute approximate surface area is 111 Å². The van der Waals surface area contributed by atoms with Gasteiger partial charge in [0.05, 0.1) is 18.2 Å². The van der Waals surface area contributed by atoms with Crippen LogP contribution in [0.3, 0.4) is 0 Å². The lowest BCUT2D eigenvalue weighted by Crippen LogP contribution is -2.51. The highest BCUT2D eigenvalue weighted by atomic mass is 16.5. The number of likely N-dealkylation sites (tertiary alicyclic amines) is 1. The first-order chi connectivity index (χ1) is 9.02. The highest BCUT2D eigenvalue weighted by Gasteiger charge is 2.42. The molecule has 1 aliphatic carbocycles. The monoisotopic (exact) mass is 272 g/mol. The zero-order valence-corrected chi connectivity index (χ0v) is 10.9. The maximum atomic E-state index is 12.2. The van der Waals surface area contributed by atoms with Crippen molar-refractivity contribution in [3.05, 3.63) is 0 Å². The number of hydrogen-bond acceptors (Lipinski definition) is 4. The third-order valence-corrected chi connectivity index (χ3v) is 3.97. The minimum absolute atomic E-state index is 0.0681. The van der Waals surface area contributed by atoms with Crippen LogP contribution in [0.2, 0.25) is 0 Å². The highest BCUT2D eigenvalue weighted by Crippen LogP contribution is 2.28. The van der Waals surface area contributed by atoms with Crippen LogP contribution in [0.5, 0.6) is 0 Å². The van der Waals surface area contributed by atoms with Crippen molar-refractivity contribution in [1.29, 1.82) is 0 Å². The fourth-order valence-electron chi connectivity index (χ4n) is 3.02. The summed E-state index contributed by atoms with van der Waals surface area (Å²) in [5, 5.41) is 20.6. The van der Waals surface area contributed by atoms with E-state index in [0.29, 0.717) is 32.2 Å². The Hall–Kier alpha value is -1.34. The molecule has 0 aromatic rings. The molecule has 19 heavy (non-hydrogen) atoms. The maximum Gasteiger partial charge on any atom is 0.405 e. The van der Waals surface area contributed by atoms with Crippen molar-refractivity contribution in [1.82, 2.24) is 10.2 Å². The molecular weight excluding hydrogens is 252 g/mol. The Morgan fingerprint density at radius 2 is 2.16 bits per heavy atom. The maximum absolute atomic E-state index is 12.2. The minimum Gasteiger partial charge on any atom is -0.465 e. The predicted octanol–water partition coefficient (Wildman–Crippen LogP) is -0.217. The van der Waals surface area contributed by atoms with E-state index < -0.39 is 12.1 Å². The molecule has 1 aliphatic heterocycles. The topological polar surface area (TPSA) is 99.1 Å². The Morgan fingerprint density at radius 1 is 1.42 bits per heavy atom. The summed E-state index contributed by atoms with van der Waals surface area (Å²) < 4.78 is 5.36. The van der Waals surface area contributed by atoms with Crippen molar-refractivity contribution in [3.8, 4) is 0 Å². The van der Waals surface area contributed by atoms with Crippen LogP contribution in [-0.4, -0.2) is 65.1 Å². The van der Waals surface area contributed by atoms with Crippen LogP contribution >= 0.6 is 0 Å². The molecule has 0 spiro atoms. The van der Waals surface area contributed by atoms with Gasteiger partial charge in [0.15, 0.2) is 0 Å². The van der Waals surface area contributed by atoms with E-state index in [4.69, 9.17) is 9.84 Å². The SMILES string of the molecule is CO[C@H]1C[C@@H](O)CC[C@@H]1N1CC[C@H](NC(=O)O)C1=O. The number of nitrogens with zero attached hydrogens (tertiary/aromatic N) is 1. The normalized spacial score (nSPS) is 35.5. The van der Waals surface area contributed by atoms with Gasteiger partial charge in [-0.15, -0.1) is 0 Å². The van der Waals surface area contributed by atoms with Gasteiger partial charge in [0.2, 0.25) is 5.91 Å². The number of carbonyl (C=O) groups excluding carboxylic acids is 1. The second-order valence-corrected chi connectivity index (χ2v) is 5.13. The zero-order chi connectivity index (χ0) is 14.0. The van der Waals surface area contributed by atoms with Crippen LogP contribution in [-0.2, 0) is 9.53 Å². The van der Waals surface area contributed by atoms with Gasteiger partial charge in [-0.1, -0.05) is 0 Å². The van der Waals surface area contributed by atoms with Gasteiger partial charge in [-0.25, -0.2) is 4.79 Å². The summed E-state index contributed by atoms with van der Waals surface area (Å²) in [5.41, 5.74) is 0. The number of carbonyl (C=O) groups is 2. The van der Waals surface area contributed by atoms with Gasteiger partial charge in [0.1, 0.15) is 6.04 Å². The van der Waals surface area contributed by atoms with E-state index >= 15 is 0 Å². The summed E-state index contributed by atoms with van der Waals surface area (Å²) in [6.07, 6.45) is 0.588. The van der Waals surface area contributed by atoms with E-state index in [2.05, 4.69) is 5.32 Å². The van der Waals surface area contributed by atoms with E-state index in [1.165, 1.54) is 0 Å². The van der Waals surface area contributed by atoms with Crippen LogP contribution in [0.25, 0.3) is 0 Å². The quantitative estimate of drug-likeness (QED) is 0.660. The first kappa shape index (κ1) is 14.1. The van der Waals surface area contributed by atoms with Crippen LogP contribution in [0, 0.1) is 0 Å². The average molecular weight is 272 g/mol. The molecular formula is C12H20N2O5. The summed E-state index contributed by atoms with van der Waals surface area (Å²) in [7, 11) is 1.57. The number of amides is 2. The van der Waals surface area contributed by atoms with Crippen molar-refractivity contribution in [2.24, 2.45) is 0 Å². The molecule has 0 aromatic carbocycles. The molecule has 2 amide bonds. The molecule has 7 heteroatoms. The zero-order valence-electron chi connectivity index (χ0n) is 10.9. The van der Waals surface area contributed by atoms with Gasteiger partial charge in [0, 0.05) is 20.1 Å². The molecule has 0 aromatic heterocycles. The van der Waals surface area contributed by atoms with Crippen LogP contribution in [0.1, 0.15) is 25.7 Å². The fraction of sp³-hybridized carbons (Fsp3) is 0.833. The molecule has 2 aliphatic rings. The van der Waals surface area contributed by atoms with E-state index in [9.17, 15) is 14.7 Å². The first-order valence-corrected chi connectivity index (χ1v) is 6.53. The molecule has 2 fully saturated rings. The van der Waals surface area contributed by atoms with Crippen LogP contribution < -0.4 is 5.32 Å². The molecule has 1 saturated carbocycles. The second kappa shape index (κ2) is 5.75. The lowest BCUT2D eigenvalue weighted by molar-refractivity contribution is -0.136. The fourth-order valence-corrected chi connectivity index (χ4v) is 3.02. The Morgan fingerprint density at radius 3 is 2.79 bits per heavy atom. The van der Waals surface area contributed by atoms with Gasteiger partial charge in [-0.2, -0.15) is 0 Å². The van der Waals surface area contributed by atoms with Crippen molar-refractivity contribution in [2.45, 2.75) is 50.0 Å². The first-order valence-electron chi connectivity index (χ1n) is 6.53. The van der Waals surface area contributed by atoms with Gasteiger partial charge < -0.3 is 25.2 Å². The molecule has 1 heterocycles. The third-order valence-electron chi connectivity index (χ3n) is 3.97. The average Bonchev–Trinajstić information content (AvgIpc) is 2.70. The number of nitrogens with one attached hydrogen (secondary N) is 1. The Bertz CT molecular complexity index is 362. The molecule has 7 nitrogen and oxygen atoms in total.